The van der Waals surface area contributed by atoms with Gasteiger partial charge in [-0.1, -0.05) is 413 Å². The lowest BCUT2D eigenvalue weighted by atomic mass is 10.00. The highest BCUT2D eigenvalue weighted by Gasteiger charge is 2.25. The second-order valence-electron chi connectivity index (χ2n) is 39.0. The van der Waals surface area contributed by atoms with Gasteiger partial charge < -0.3 is 27.4 Å². The molecule has 0 bridgehead atoms. The van der Waals surface area contributed by atoms with Crippen molar-refractivity contribution in [3.05, 3.63) is 582 Å². The van der Waals surface area contributed by atoms with Crippen molar-refractivity contribution >= 4 is 131 Å². The van der Waals surface area contributed by atoms with Crippen LogP contribution >= 0.6 is 0 Å². The van der Waals surface area contributed by atoms with Crippen molar-refractivity contribution in [2.75, 3.05) is 0 Å². The van der Waals surface area contributed by atoms with E-state index in [2.05, 4.69) is 610 Å². The Hall–Kier alpha value is -19.9. The van der Waals surface area contributed by atoms with E-state index in [0.29, 0.717) is 0 Å². The number of benzene rings is 24. The first-order chi connectivity index (χ1) is 74.4. The van der Waals surface area contributed by atoms with E-state index < -0.39 is 0 Å². The maximum atomic E-state index is 2.44. The first kappa shape index (κ1) is 87.8. The molecule has 702 valence electrons. The second-order valence-corrected chi connectivity index (χ2v) is 39.0. The molecule has 30 aromatic rings. The molecule has 150 heavy (non-hydrogen) atoms. The SMILES string of the molecule is c1ccc(-c2ccc(-c3cccc(-n4c5ccccc5c5c6c7ccccc7n(-c7ccc(-c8ccccc8)cc7)c6ccc54)c3)cc2)cc1.c1ccc(-c2ccc(-n3c4ccccc4c4cc(-c5ccc6c(c5)c5ccccc5n6-c5ccc(-c6ccccc6)cc5)ccc43)cc2)cc1.c1ccc(-c2ccc(-n3c4ccccc4c4cc(-c5ccc6c(c5)c5ccccc5n6-c5cccc(-c6ccccc6)c5)ccc43)cc2)cc1. The first-order valence-electron chi connectivity index (χ1n) is 51.6. The van der Waals surface area contributed by atoms with Crippen LogP contribution < -0.4 is 0 Å². The third kappa shape index (κ3) is 15.5. The Balaban J connectivity index is 0.000000108. The third-order valence-corrected chi connectivity index (χ3v) is 30.4. The summed E-state index contributed by atoms with van der Waals surface area (Å²) < 4.78 is 14.4. The molecule has 0 saturated carbocycles. The van der Waals surface area contributed by atoms with E-state index in [9.17, 15) is 0 Å². The fourth-order valence-corrected chi connectivity index (χ4v) is 23.3. The van der Waals surface area contributed by atoms with Gasteiger partial charge in [0.15, 0.2) is 0 Å². The molecule has 0 aliphatic heterocycles. The Labute approximate surface area is 868 Å². The van der Waals surface area contributed by atoms with Crippen LogP contribution in [0.1, 0.15) is 0 Å². The standard InChI is InChI=1S/3C48H32N2/c1-3-12-33(13-4-1)35-22-26-39(27-23-35)49-45-20-9-7-18-41(45)43-31-37(24-28-47(43)49)38-25-29-48-44(32-38)42-19-8-10-21-46(42)50(48)40-17-11-16-36(30-40)34-14-5-2-6-15-34;1-3-12-33(13-4-1)35-22-24-37(25-23-35)38-16-11-17-40(32-38)50-44-21-10-8-19-42(44)48-46(50)31-30-45-47(48)41-18-7-9-20-43(41)49(45)39-28-26-36(27-29-39)34-14-5-2-6-15-34;1-3-11-33(12-4-1)35-19-25-39(26-20-35)49-45-17-9-7-15-41(45)43-31-37(23-29-47(43)49)38-24-30-48-44(32-38)42-16-8-10-18-46(42)50(48)40-27-21-36(22-28-40)34-13-5-2-6-14-34/h3*1-32H. The highest BCUT2D eigenvalue weighted by molar-refractivity contribution is 6.29. The smallest absolute Gasteiger partial charge is 0.0548 e. The quantitative estimate of drug-likeness (QED) is 0.0979. The van der Waals surface area contributed by atoms with Gasteiger partial charge in [0.2, 0.25) is 0 Å². The van der Waals surface area contributed by atoms with Crippen molar-refractivity contribution in [2.45, 2.75) is 0 Å². The van der Waals surface area contributed by atoms with Crippen molar-refractivity contribution in [3.63, 3.8) is 0 Å². The van der Waals surface area contributed by atoms with Crippen molar-refractivity contribution in [1.82, 2.24) is 27.4 Å². The zero-order valence-corrected chi connectivity index (χ0v) is 82.1. The van der Waals surface area contributed by atoms with Gasteiger partial charge in [0, 0.05) is 98.8 Å². The van der Waals surface area contributed by atoms with E-state index in [1.807, 2.05) is 0 Å². The maximum Gasteiger partial charge on any atom is 0.0548 e. The predicted molar refractivity (Wildman–Crippen MR) is 634 cm³/mol. The lowest BCUT2D eigenvalue weighted by Crippen LogP contribution is -1.95. The first-order valence-corrected chi connectivity index (χ1v) is 51.6. The van der Waals surface area contributed by atoms with Crippen LogP contribution in [0.15, 0.2) is 582 Å². The molecule has 24 aromatic carbocycles. The predicted octanol–water partition coefficient (Wildman–Crippen LogP) is 38.6. The average molecular weight is 1910 g/mol. The number of para-hydroxylation sites is 6. The van der Waals surface area contributed by atoms with Crippen molar-refractivity contribution in [2.24, 2.45) is 0 Å². The maximum absolute atomic E-state index is 2.44. The van der Waals surface area contributed by atoms with Gasteiger partial charge in [0.25, 0.3) is 0 Å². The summed E-state index contributed by atoms with van der Waals surface area (Å²) >= 11 is 0. The number of rotatable bonds is 15. The molecule has 6 aromatic heterocycles. The minimum atomic E-state index is 1.15. The molecule has 0 aliphatic carbocycles. The Bertz CT molecular complexity index is 10200. The van der Waals surface area contributed by atoms with Crippen LogP contribution in [0.3, 0.4) is 0 Å². The summed E-state index contributed by atoms with van der Waals surface area (Å²) in [5.41, 5.74) is 43.4. The lowest BCUT2D eigenvalue weighted by molar-refractivity contribution is 1.17. The molecule has 0 spiro atoms. The topological polar surface area (TPSA) is 29.6 Å². The van der Waals surface area contributed by atoms with Crippen molar-refractivity contribution in [3.8, 4) is 134 Å². The normalized spacial score (nSPS) is 11.6. The summed E-state index contributed by atoms with van der Waals surface area (Å²) in [7, 11) is 0. The molecule has 0 saturated heterocycles. The molecule has 0 atom stereocenters. The van der Waals surface area contributed by atoms with Crippen LogP contribution in [0.25, 0.3) is 265 Å². The van der Waals surface area contributed by atoms with Crippen molar-refractivity contribution in [1.29, 1.82) is 0 Å². The molecule has 6 nitrogen and oxygen atoms in total. The largest absolute Gasteiger partial charge is 0.309 e. The summed E-state index contributed by atoms with van der Waals surface area (Å²) in [6, 6.07) is 211. The average Bonchev–Trinajstić information content (AvgIpc) is 1.54. The number of hydrogen-bond donors (Lipinski definition) is 0. The molecule has 0 aliphatic rings. The van der Waals surface area contributed by atoms with E-state index in [-0.39, 0.29) is 0 Å². The van der Waals surface area contributed by atoms with Gasteiger partial charge in [-0.15, -0.1) is 0 Å². The summed E-state index contributed by atoms with van der Waals surface area (Å²) in [5, 5.41) is 15.1. The van der Waals surface area contributed by atoms with Crippen LogP contribution in [-0.4, -0.2) is 27.4 Å². The number of fused-ring (bicyclic) bond motifs is 19. The number of hydrogen-bond acceptors (Lipinski definition) is 0. The van der Waals surface area contributed by atoms with Crippen LogP contribution in [0.5, 0.6) is 0 Å². The molecule has 0 N–H and O–H groups in total. The van der Waals surface area contributed by atoms with Gasteiger partial charge in [-0.3, -0.25) is 0 Å². The molecule has 0 amide bonds. The van der Waals surface area contributed by atoms with E-state index >= 15 is 0 Å². The molecule has 6 heterocycles. The Morgan fingerprint density at radius 3 is 0.493 bits per heavy atom. The molecule has 30 rings (SSSR count). The Morgan fingerprint density at radius 1 is 0.0800 bits per heavy atom. The van der Waals surface area contributed by atoms with Gasteiger partial charge in [-0.2, -0.15) is 0 Å². The van der Waals surface area contributed by atoms with Crippen LogP contribution in [-0.2, 0) is 0 Å². The van der Waals surface area contributed by atoms with Gasteiger partial charge in [-0.05, 0) is 270 Å². The molecular formula is C144H96N6. The summed E-state index contributed by atoms with van der Waals surface area (Å²) in [6.45, 7) is 0. The molecule has 0 fully saturated rings. The van der Waals surface area contributed by atoms with Gasteiger partial charge in [-0.25, -0.2) is 0 Å². The fraction of sp³-hybridized carbons (Fsp3) is 0. The minimum absolute atomic E-state index is 1.15. The van der Waals surface area contributed by atoms with Crippen LogP contribution in [0.2, 0.25) is 0 Å². The van der Waals surface area contributed by atoms with Gasteiger partial charge in [0.1, 0.15) is 0 Å². The van der Waals surface area contributed by atoms with Crippen LogP contribution in [0.4, 0.5) is 0 Å². The van der Waals surface area contributed by atoms with Crippen molar-refractivity contribution < 1.29 is 0 Å². The van der Waals surface area contributed by atoms with E-state index in [1.54, 1.807) is 0 Å². The molecular weight excluding hydrogens is 1810 g/mol. The second kappa shape index (κ2) is 37.4. The van der Waals surface area contributed by atoms with E-state index in [4.69, 9.17) is 0 Å². The molecule has 6 heteroatoms. The van der Waals surface area contributed by atoms with E-state index in [1.165, 1.54) is 231 Å². The third-order valence-electron chi connectivity index (χ3n) is 30.4. The van der Waals surface area contributed by atoms with Gasteiger partial charge >= 0.3 is 0 Å². The highest BCUT2D eigenvalue weighted by Crippen LogP contribution is 2.47. The molecule has 0 radical (unpaired) electrons. The Morgan fingerprint density at radius 2 is 0.233 bits per heavy atom. The number of nitrogens with zero attached hydrogens (tertiary/aromatic N) is 6. The molecule has 0 unspecified atom stereocenters. The Kier molecular flexibility index (Phi) is 21.9. The zero-order valence-electron chi connectivity index (χ0n) is 82.1. The van der Waals surface area contributed by atoms with Crippen LogP contribution in [0, 0.1) is 0 Å². The zero-order chi connectivity index (χ0) is 99.1. The van der Waals surface area contributed by atoms with E-state index in [0.717, 1.165) is 34.1 Å². The highest BCUT2D eigenvalue weighted by atomic mass is 15.0. The summed E-state index contributed by atoms with van der Waals surface area (Å²) in [6.07, 6.45) is 0. The fourth-order valence-electron chi connectivity index (χ4n) is 23.3. The monoisotopic (exact) mass is 1910 g/mol. The lowest BCUT2D eigenvalue weighted by Gasteiger charge is -2.12. The summed E-state index contributed by atoms with van der Waals surface area (Å²) in [5.74, 6) is 0. The number of aromatic nitrogens is 6. The summed E-state index contributed by atoms with van der Waals surface area (Å²) in [4.78, 5) is 0. The van der Waals surface area contributed by atoms with Gasteiger partial charge in [0.05, 0.1) is 66.2 Å². The minimum Gasteiger partial charge on any atom is -0.309 e.